The zero-order valence-electron chi connectivity index (χ0n) is 11.0. The van der Waals surface area contributed by atoms with Crippen molar-refractivity contribution in [2.45, 2.75) is 6.61 Å². The first-order chi connectivity index (χ1) is 9.53. The Bertz CT molecular complexity index is 524. The zero-order chi connectivity index (χ0) is 15.1. The number of ether oxygens (including phenoxy) is 2. The second-order valence-electron chi connectivity index (χ2n) is 3.66. The molecule has 0 spiro atoms. The van der Waals surface area contributed by atoms with Gasteiger partial charge in [0.05, 0.1) is 26.5 Å². The summed E-state index contributed by atoms with van der Waals surface area (Å²) in [5, 5.41) is 11.9. The molecular formula is C13H14INO5. The molecule has 108 valence electrons. The standard InChI is InChI=1S/C13H14INO5/c1-19-12(17)9(13(18)20-2)6-15-11-4-3-8(7-16)5-10(11)14/h3-6,15-16H,7H2,1-2H3. The third-order valence-corrected chi connectivity index (χ3v) is 3.29. The van der Waals surface area contributed by atoms with Crippen molar-refractivity contribution >= 4 is 40.2 Å². The molecule has 1 rings (SSSR count). The fraction of sp³-hybridized carbons (Fsp3) is 0.231. The van der Waals surface area contributed by atoms with Crippen LogP contribution in [-0.4, -0.2) is 31.3 Å². The van der Waals surface area contributed by atoms with Crippen LogP contribution in [0.3, 0.4) is 0 Å². The van der Waals surface area contributed by atoms with Gasteiger partial charge in [0.2, 0.25) is 0 Å². The van der Waals surface area contributed by atoms with Crippen LogP contribution < -0.4 is 5.32 Å². The second kappa shape index (κ2) is 7.85. The van der Waals surface area contributed by atoms with Gasteiger partial charge in [0, 0.05) is 9.77 Å². The summed E-state index contributed by atoms with van der Waals surface area (Å²) in [5.41, 5.74) is 1.22. The lowest BCUT2D eigenvalue weighted by Crippen LogP contribution is -2.17. The van der Waals surface area contributed by atoms with Crippen molar-refractivity contribution in [1.82, 2.24) is 0 Å². The fourth-order valence-electron chi connectivity index (χ4n) is 1.35. The number of benzene rings is 1. The summed E-state index contributed by atoms with van der Waals surface area (Å²) in [4.78, 5) is 22.9. The number of halogens is 1. The molecule has 0 amide bonds. The van der Waals surface area contributed by atoms with Crippen LogP contribution in [0.15, 0.2) is 30.0 Å². The van der Waals surface area contributed by atoms with Crippen LogP contribution in [0.4, 0.5) is 5.69 Å². The van der Waals surface area contributed by atoms with Gasteiger partial charge in [-0.1, -0.05) is 6.07 Å². The first-order valence-electron chi connectivity index (χ1n) is 5.56. The third kappa shape index (κ3) is 4.20. The summed E-state index contributed by atoms with van der Waals surface area (Å²) in [6.45, 7) is -0.0539. The minimum absolute atomic E-state index is 0.0539. The van der Waals surface area contributed by atoms with Crippen LogP contribution in [0, 0.1) is 3.57 Å². The average Bonchev–Trinajstić information content (AvgIpc) is 2.47. The van der Waals surface area contributed by atoms with Crippen LogP contribution in [0.2, 0.25) is 0 Å². The highest BCUT2D eigenvalue weighted by Crippen LogP contribution is 2.20. The van der Waals surface area contributed by atoms with Crippen molar-refractivity contribution in [3.63, 3.8) is 0 Å². The number of methoxy groups -OCH3 is 2. The van der Waals surface area contributed by atoms with E-state index in [0.717, 1.165) is 9.13 Å². The molecule has 0 saturated heterocycles. The van der Waals surface area contributed by atoms with Gasteiger partial charge in [-0.3, -0.25) is 0 Å². The number of hydrogen-bond donors (Lipinski definition) is 2. The zero-order valence-corrected chi connectivity index (χ0v) is 13.1. The molecule has 1 aromatic rings. The first-order valence-corrected chi connectivity index (χ1v) is 6.64. The molecule has 0 aliphatic rings. The highest BCUT2D eigenvalue weighted by atomic mass is 127. The van der Waals surface area contributed by atoms with Gasteiger partial charge in [-0.2, -0.15) is 0 Å². The Morgan fingerprint density at radius 1 is 1.30 bits per heavy atom. The third-order valence-electron chi connectivity index (χ3n) is 2.40. The summed E-state index contributed by atoms with van der Waals surface area (Å²) in [7, 11) is 2.36. The van der Waals surface area contributed by atoms with Crippen molar-refractivity contribution in [3.8, 4) is 0 Å². The van der Waals surface area contributed by atoms with Crippen LogP contribution in [0.25, 0.3) is 0 Å². The van der Waals surface area contributed by atoms with E-state index in [-0.39, 0.29) is 12.2 Å². The quantitative estimate of drug-likeness (QED) is 0.260. The van der Waals surface area contributed by atoms with Crippen molar-refractivity contribution in [3.05, 3.63) is 39.1 Å². The Morgan fingerprint density at radius 3 is 2.35 bits per heavy atom. The van der Waals surface area contributed by atoms with Gasteiger partial charge in [-0.25, -0.2) is 9.59 Å². The van der Waals surface area contributed by atoms with Crippen LogP contribution in [0.5, 0.6) is 0 Å². The lowest BCUT2D eigenvalue weighted by atomic mass is 10.2. The summed E-state index contributed by atoms with van der Waals surface area (Å²) in [5.74, 6) is -1.57. The van der Waals surface area contributed by atoms with Gasteiger partial charge in [-0.05, 0) is 40.3 Å². The van der Waals surface area contributed by atoms with Gasteiger partial charge >= 0.3 is 11.9 Å². The highest BCUT2D eigenvalue weighted by molar-refractivity contribution is 14.1. The summed E-state index contributed by atoms with van der Waals surface area (Å²) in [6.07, 6.45) is 1.23. The van der Waals surface area contributed by atoms with E-state index in [1.807, 2.05) is 0 Å². The Balaban J connectivity index is 2.98. The number of nitrogens with one attached hydrogen (secondary N) is 1. The number of rotatable bonds is 5. The minimum atomic E-state index is -0.786. The number of hydrogen-bond acceptors (Lipinski definition) is 6. The molecule has 6 nitrogen and oxygen atoms in total. The van der Waals surface area contributed by atoms with E-state index in [2.05, 4.69) is 37.4 Å². The van der Waals surface area contributed by atoms with Gasteiger partial charge in [-0.15, -0.1) is 0 Å². The average molecular weight is 391 g/mol. The maximum absolute atomic E-state index is 11.5. The van der Waals surface area contributed by atoms with Crippen LogP contribution in [0.1, 0.15) is 5.56 Å². The summed E-state index contributed by atoms with van der Waals surface area (Å²) in [6, 6.07) is 5.25. The highest BCUT2D eigenvalue weighted by Gasteiger charge is 2.19. The Labute approximate surface area is 129 Å². The smallest absolute Gasteiger partial charge is 0.346 e. The predicted octanol–water partition coefficient (Wildman–Crippen LogP) is 1.43. The van der Waals surface area contributed by atoms with E-state index in [1.165, 1.54) is 20.4 Å². The van der Waals surface area contributed by atoms with E-state index >= 15 is 0 Å². The molecule has 0 bridgehead atoms. The minimum Gasteiger partial charge on any atom is -0.465 e. The van der Waals surface area contributed by atoms with E-state index in [9.17, 15) is 9.59 Å². The number of anilines is 1. The van der Waals surface area contributed by atoms with E-state index in [0.29, 0.717) is 5.69 Å². The Kier molecular flexibility index (Phi) is 6.46. The van der Waals surface area contributed by atoms with Crippen molar-refractivity contribution < 1.29 is 24.2 Å². The SMILES string of the molecule is COC(=O)C(=CNc1ccc(CO)cc1I)C(=O)OC. The predicted molar refractivity (Wildman–Crippen MR) is 80.8 cm³/mol. The maximum atomic E-state index is 11.5. The fourth-order valence-corrected chi connectivity index (χ4v) is 2.08. The molecule has 0 saturated carbocycles. The van der Waals surface area contributed by atoms with E-state index < -0.39 is 11.9 Å². The summed E-state index contributed by atoms with van der Waals surface area (Å²) >= 11 is 2.07. The van der Waals surface area contributed by atoms with Crippen molar-refractivity contribution in [2.75, 3.05) is 19.5 Å². The molecule has 0 radical (unpaired) electrons. The maximum Gasteiger partial charge on any atom is 0.346 e. The van der Waals surface area contributed by atoms with Crippen LogP contribution in [-0.2, 0) is 25.7 Å². The number of esters is 2. The molecule has 0 heterocycles. The number of carbonyl (C=O) groups excluding carboxylic acids is 2. The molecule has 0 aromatic heterocycles. The number of aliphatic hydroxyl groups excluding tert-OH is 1. The van der Waals surface area contributed by atoms with Crippen molar-refractivity contribution in [2.24, 2.45) is 0 Å². The molecule has 0 unspecified atom stereocenters. The lowest BCUT2D eigenvalue weighted by Gasteiger charge is -2.08. The molecule has 0 atom stereocenters. The van der Waals surface area contributed by atoms with Crippen molar-refractivity contribution in [1.29, 1.82) is 0 Å². The van der Waals surface area contributed by atoms with Gasteiger partial charge in [0.15, 0.2) is 5.57 Å². The molecule has 1 aromatic carbocycles. The molecule has 0 fully saturated rings. The monoisotopic (exact) mass is 391 g/mol. The second-order valence-corrected chi connectivity index (χ2v) is 4.82. The number of carbonyl (C=O) groups is 2. The molecular weight excluding hydrogens is 377 g/mol. The van der Waals surface area contributed by atoms with Gasteiger partial charge < -0.3 is 19.9 Å². The molecule has 2 N–H and O–H groups in total. The first kappa shape index (κ1) is 16.4. The normalized spacial score (nSPS) is 9.60. The molecule has 0 aliphatic carbocycles. The van der Waals surface area contributed by atoms with Gasteiger partial charge in [0.25, 0.3) is 0 Å². The molecule has 0 aliphatic heterocycles. The lowest BCUT2D eigenvalue weighted by molar-refractivity contribution is -0.144. The number of aliphatic hydroxyl groups is 1. The van der Waals surface area contributed by atoms with Gasteiger partial charge in [0.1, 0.15) is 0 Å². The largest absolute Gasteiger partial charge is 0.465 e. The molecule has 20 heavy (non-hydrogen) atoms. The van der Waals surface area contributed by atoms with E-state index in [4.69, 9.17) is 5.11 Å². The summed E-state index contributed by atoms with van der Waals surface area (Å²) < 4.78 is 9.85. The Morgan fingerprint density at radius 2 is 1.90 bits per heavy atom. The Hall–Kier alpha value is -1.61. The topological polar surface area (TPSA) is 84.9 Å². The van der Waals surface area contributed by atoms with E-state index in [1.54, 1.807) is 18.2 Å². The van der Waals surface area contributed by atoms with Crippen LogP contribution >= 0.6 is 22.6 Å². The molecule has 7 heteroatoms.